The summed E-state index contributed by atoms with van der Waals surface area (Å²) in [6.07, 6.45) is 19.9. The Kier molecular flexibility index (Phi) is 28.4. The van der Waals surface area contributed by atoms with Crippen molar-refractivity contribution in [3.8, 4) is 0 Å². The van der Waals surface area contributed by atoms with Gasteiger partial charge in [0.25, 0.3) is 0 Å². The van der Waals surface area contributed by atoms with Crippen molar-refractivity contribution in [2.75, 3.05) is 13.2 Å². The Morgan fingerprint density at radius 1 is 0.481 bits per heavy atom. The van der Waals surface area contributed by atoms with Gasteiger partial charge in [-0.15, -0.1) is 0 Å². The van der Waals surface area contributed by atoms with E-state index in [0.29, 0.717) is 6.42 Å². The molecule has 0 aromatic carbocycles. The van der Waals surface area contributed by atoms with Crippen molar-refractivity contribution in [1.29, 1.82) is 0 Å². The van der Waals surface area contributed by atoms with Gasteiger partial charge in [0.2, 0.25) is 0 Å². The molecule has 2 aliphatic rings. The lowest BCUT2D eigenvalue weighted by Crippen LogP contribution is -2.64. The normalized spacial score (nSPS) is 28.7. The first kappa shape index (κ1) is 49.2. The number of hydrogen-bond acceptors (Lipinski definition) is 12. The number of rotatable bonds is 33. The first-order valence-corrected chi connectivity index (χ1v) is 22.0. The Bertz CT molecular complexity index is 893. The van der Waals surface area contributed by atoms with Crippen LogP contribution in [0.3, 0.4) is 0 Å². The van der Waals surface area contributed by atoms with Gasteiger partial charge in [-0.3, -0.25) is 4.79 Å². The number of aliphatic hydroxyl groups is 7. The Hall–Kier alpha value is -0.930. The zero-order valence-electron chi connectivity index (χ0n) is 33.7. The van der Waals surface area contributed by atoms with Gasteiger partial charge >= 0.3 is 5.97 Å². The molecular formula is C42H80O12. The van der Waals surface area contributed by atoms with E-state index in [1.807, 2.05) is 0 Å². The van der Waals surface area contributed by atoms with Crippen LogP contribution >= 0.6 is 0 Å². The van der Waals surface area contributed by atoms with Crippen LogP contribution in [0.1, 0.15) is 187 Å². The number of esters is 1. The molecule has 0 bridgehead atoms. The smallest absolute Gasteiger partial charge is 0.305 e. The Morgan fingerprint density at radius 2 is 0.889 bits per heavy atom. The van der Waals surface area contributed by atoms with Crippen LogP contribution in [0.5, 0.6) is 0 Å². The van der Waals surface area contributed by atoms with Gasteiger partial charge in [-0.05, 0) is 6.42 Å². The second kappa shape index (κ2) is 31.1. The zero-order valence-corrected chi connectivity index (χ0v) is 33.7. The van der Waals surface area contributed by atoms with E-state index in [0.717, 1.165) is 19.3 Å². The van der Waals surface area contributed by atoms with Crippen molar-refractivity contribution in [2.45, 2.75) is 248 Å². The highest BCUT2D eigenvalue weighted by molar-refractivity contribution is 5.69. The summed E-state index contributed by atoms with van der Waals surface area (Å²) in [6, 6.07) is 0. The van der Waals surface area contributed by atoms with Crippen molar-refractivity contribution >= 4 is 5.97 Å². The molecule has 0 aromatic heterocycles. The molecular weight excluding hydrogens is 696 g/mol. The maximum Gasteiger partial charge on any atom is 0.305 e. The molecule has 54 heavy (non-hydrogen) atoms. The van der Waals surface area contributed by atoms with E-state index in [4.69, 9.17) is 18.9 Å². The fourth-order valence-corrected chi connectivity index (χ4v) is 7.57. The monoisotopic (exact) mass is 777 g/mol. The highest BCUT2D eigenvalue weighted by Crippen LogP contribution is 2.29. The van der Waals surface area contributed by atoms with Gasteiger partial charge in [-0.25, -0.2) is 0 Å². The van der Waals surface area contributed by atoms with E-state index in [2.05, 4.69) is 6.92 Å². The van der Waals surface area contributed by atoms with Gasteiger partial charge in [0, 0.05) is 6.42 Å². The molecule has 2 fully saturated rings. The minimum atomic E-state index is -1.77. The summed E-state index contributed by atoms with van der Waals surface area (Å²) in [5.74, 6) is -0.475. The molecule has 2 rings (SSSR count). The van der Waals surface area contributed by atoms with E-state index in [1.54, 1.807) is 0 Å². The number of carbonyl (C=O) groups is 1. The topological polar surface area (TPSA) is 196 Å². The quantitative estimate of drug-likeness (QED) is 0.0300. The summed E-state index contributed by atoms with van der Waals surface area (Å²) in [7, 11) is 0. The fourth-order valence-electron chi connectivity index (χ4n) is 7.57. The molecule has 320 valence electrons. The molecule has 0 saturated carbocycles. The standard InChI is InChI=1S/C42H80O12/c1-2-3-4-5-6-7-8-9-10-11-12-13-14-15-16-17-18-19-20-21-22-23-24-25-26-27-28-29-34(44)51-31-33-35(45)36(46)39(49)42(53-33)54-40-32(30-43)52-41(50)38(48)37(40)47/h32-33,35-43,45-50H,2-31H2,1H3/t32-,33-,35+,36+,37-,38-,39-,40-,41+,42+/m1/s1. The number of carbonyl (C=O) groups excluding carboxylic acids is 1. The molecule has 0 unspecified atom stereocenters. The molecule has 2 saturated heterocycles. The molecule has 0 amide bonds. The van der Waals surface area contributed by atoms with Crippen LogP contribution in [0, 0.1) is 0 Å². The Labute approximate surface area is 326 Å². The van der Waals surface area contributed by atoms with Gasteiger partial charge in [-0.1, -0.05) is 174 Å². The molecule has 0 aromatic rings. The van der Waals surface area contributed by atoms with E-state index < -0.39 is 80.6 Å². The minimum Gasteiger partial charge on any atom is -0.463 e. The highest BCUT2D eigenvalue weighted by Gasteiger charge is 2.50. The van der Waals surface area contributed by atoms with Crippen molar-refractivity contribution in [1.82, 2.24) is 0 Å². The van der Waals surface area contributed by atoms with Crippen molar-refractivity contribution in [3.05, 3.63) is 0 Å². The predicted molar refractivity (Wildman–Crippen MR) is 207 cm³/mol. The lowest BCUT2D eigenvalue weighted by Gasteiger charge is -2.45. The largest absolute Gasteiger partial charge is 0.463 e. The summed E-state index contributed by atoms with van der Waals surface area (Å²) in [6.45, 7) is 1.18. The fraction of sp³-hybridized carbons (Fsp3) is 0.976. The van der Waals surface area contributed by atoms with E-state index >= 15 is 0 Å². The van der Waals surface area contributed by atoms with Gasteiger partial charge in [0.15, 0.2) is 12.6 Å². The lowest BCUT2D eigenvalue weighted by atomic mass is 9.97. The van der Waals surface area contributed by atoms with Gasteiger partial charge in [0.05, 0.1) is 6.61 Å². The van der Waals surface area contributed by atoms with Crippen LogP contribution in [0.2, 0.25) is 0 Å². The first-order valence-electron chi connectivity index (χ1n) is 22.0. The van der Waals surface area contributed by atoms with E-state index in [1.165, 1.54) is 148 Å². The zero-order chi connectivity index (χ0) is 39.4. The first-order chi connectivity index (χ1) is 26.2. The van der Waals surface area contributed by atoms with Crippen LogP contribution < -0.4 is 0 Å². The Morgan fingerprint density at radius 3 is 1.30 bits per heavy atom. The molecule has 12 heteroatoms. The molecule has 0 radical (unpaired) electrons. The maximum atomic E-state index is 12.3. The minimum absolute atomic E-state index is 0.206. The van der Waals surface area contributed by atoms with Gasteiger partial charge < -0.3 is 54.7 Å². The van der Waals surface area contributed by atoms with E-state index in [-0.39, 0.29) is 6.42 Å². The third-order valence-electron chi connectivity index (χ3n) is 11.2. The van der Waals surface area contributed by atoms with Gasteiger partial charge in [0.1, 0.15) is 55.4 Å². The number of aliphatic hydroxyl groups excluding tert-OH is 7. The van der Waals surface area contributed by atoms with Crippen LogP contribution in [0.25, 0.3) is 0 Å². The third kappa shape index (κ3) is 20.5. The lowest BCUT2D eigenvalue weighted by molar-refractivity contribution is -0.355. The summed E-state index contributed by atoms with van der Waals surface area (Å²) in [5.41, 5.74) is 0. The molecule has 7 N–H and O–H groups in total. The van der Waals surface area contributed by atoms with Crippen molar-refractivity contribution in [3.63, 3.8) is 0 Å². The summed E-state index contributed by atoms with van der Waals surface area (Å²) >= 11 is 0. The van der Waals surface area contributed by atoms with Crippen molar-refractivity contribution < 1.29 is 59.5 Å². The Balaban J connectivity index is 1.38. The summed E-state index contributed by atoms with van der Waals surface area (Å²) < 4.78 is 21.4. The second-order valence-corrected chi connectivity index (χ2v) is 16.0. The van der Waals surface area contributed by atoms with Crippen molar-refractivity contribution in [2.24, 2.45) is 0 Å². The summed E-state index contributed by atoms with van der Waals surface area (Å²) in [5, 5.41) is 70.6. The molecule has 2 heterocycles. The van der Waals surface area contributed by atoms with Gasteiger partial charge in [-0.2, -0.15) is 0 Å². The SMILES string of the molecule is CCCCCCCCCCCCCCCCCCCCCCCCCCCCCC(=O)OC[C@H]1O[C@@H](O[C@H]2[C@H](O)[C@@H](O)[C@@H](O)O[C@@H]2CO)[C@H](O)[C@@H](O)[C@H]1O. The predicted octanol–water partition coefficient (Wildman–Crippen LogP) is 6.10. The highest BCUT2D eigenvalue weighted by atomic mass is 16.7. The molecule has 2 aliphatic heterocycles. The average Bonchev–Trinajstić information content (AvgIpc) is 3.17. The molecule has 0 spiro atoms. The number of hydrogen-bond donors (Lipinski definition) is 7. The molecule has 10 atom stereocenters. The van der Waals surface area contributed by atoms with Crippen LogP contribution in [0.4, 0.5) is 0 Å². The maximum absolute atomic E-state index is 12.3. The summed E-state index contributed by atoms with van der Waals surface area (Å²) in [4.78, 5) is 12.3. The number of unbranched alkanes of at least 4 members (excludes halogenated alkanes) is 26. The molecule has 0 aliphatic carbocycles. The molecule has 12 nitrogen and oxygen atoms in total. The van der Waals surface area contributed by atoms with Crippen LogP contribution in [-0.2, 0) is 23.7 Å². The number of ether oxygens (including phenoxy) is 4. The van der Waals surface area contributed by atoms with Crippen LogP contribution in [-0.4, -0.2) is 116 Å². The third-order valence-corrected chi connectivity index (χ3v) is 11.2. The van der Waals surface area contributed by atoms with E-state index in [9.17, 15) is 40.5 Å². The average molecular weight is 777 g/mol. The second-order valence-electron chi connectivity index (χ2n) is 16.0. The van der Waals surface area contributed by atoms with Crippen LogP contribution in [0.15, 0.2) is 0 Å².